The number of fused-ring (bicyclic) bond motifs is 1. The first kappa shape index (κ1) is 21.2. The minimum absolute atomic E-state index is 0.248. The van der Waals surface area contributed by atoms with Gasteiger partial charge in [0.05, 0.1) is 17.7 Å². The Hall–Kier alpha value is -3.02. The van der Waals surface area contributed by atoms with Gasteiger partial charge in [0.1, 0.15) is 11.3 Å². The highest BCUT2D eigenvalue weighted by Gasteiger charge is 2.19. The molecule has 0 fully saturated rings. The van der Waals surface area contributed by atoms with Crippen molar-refractivity contribution >= 4 is 45.9 Å². The van der Waals surface area contributed by atoms with Gasteiger partial charge in [-0.3, -0.25) is 4.79 Å². The third-order valence-corrected chi connectivity index (χ3v) is 5.59. The lowest BCUT2D eigenvalue weighted by Gasteiger charge is -2.14. The van der Waals surface area contributed by atoms with E-state index in [9.17, 15) is 4.79 Å². The molecule has 1 heterocycles. The molecule has 5 nitrogen and oxygen atoms in total. The second kappa shape index (κ2) is 8.25. The Morgan fingerprint density at radius 3 is 2.61 bits per heavy atom. The molecule has 0 aliphatic rings. The summed E-state index contributed by atoms with van der Waals surface area (Å²) in [6, 6.07) is 12.7. The highest BCUT2D eigenvalue weighted by atomic mass is 35.5. The van der Waals surface area contributed by atoms with Gasteiger partial charge in [0.25, 0.3) is 5.91 Å². The van der Waals surface area contributed by atoms with Gasteiger partial charge in [0.2, 0.25) is 5.89 Å². The van der Waals surface area contributed by atoms with Gasteiger partial charge in [0.15, 0.2) is 5.58 Å². The number of hydrogen-bond donors (Lipinski definition) is 1. The summed E-state index contributed by atoms with van der Waals surface area (Å²) in [5, 5.41) is 3.53. The van der Waals surface area contributed by atoms with Crippen LogP contribution in [0.25, 0.3) is 22.6 Å². The number of carbonyl (C=O) groups is 1. The van der Waals surface area contributed by atoms with Crippen LogP contribution in [0.1, 0.15) is 27.0 Å². The van der Waals surface area contributed by atoms with Crippen LogP contribution in [-0.4, -0.2) is 18.0 Å². The van der Waals surface area contributed by atoms with Gasteiger partial charge in [0, 0.05) is 16.3 Å². The molecule has 3 aromatic carbocycles. The van der Waals surface area contributed by atoms with E-state index in [1.807, 2.05) is 45.0 Å². The Bertz CT molecular complexity index is 1330. The minimum atomic E-state index is -0.384. The zero-order chi connectivity index (χ0) is 22.3. The normalized spacial score (nSPS) is 11.0. The molecule has 1 aromatic heterocycles. The molecule has 0 radical (unpaired) electrons. The Morgan fingerprint density at radius 2 is 1.87 bits per heavy atom. The number of hydrogen-bond acceptors (Lipinski definition) is 4. The predicted molar refractivity (Wildman–Crippen MR) is 125 cm³/mol. The maximum absolute atomic E-state index is 13.0. The molecular formula is C24H20Cl2N2O3. The van der Waals surface area contributed by atoms with Crippen LogP contribution in [0.15, 0.2) is 46.9 Å². The SMILES string of the molecule is COc1c(Cl)cc(Cl)cc1C(=O)Nc1cccc(-c2nc3cc(C)cc(C)c3o2)c1C. The van der Waals surface area contributed by atoms with Crippen LogP contribution >= 0.6 is 23.2 Å². The van der Waals surface area contributed by atoms with Gasteiger partial charge in [-0.2, -0.15) is 0 Å². The average Bonchev–Trinajstić information content (AvgIpc) is 3.13. The minimum Gasteiger partial charge on any atom is -0.494 e. The fourth-order valence-electron chi connectivity index (χ4n) is 3.62. The number of oxazole rings is 1. The second-order valence-electron chi connectivity index (χ2n) is 7.35. The van der Waals surface area contributed by atoms with Crippen LogP contribution in [0.5, 0.6) is 5.75 Å². The molecule has 0 bridgehead atoms. The van der Waals surface area contributed by atoms with Gasteiger partial charge in [-0.15, -0.1) is 0 Å². The molecule has 31 heavy (non-hydrogen) atoms. The van der Waals surface area contributed by atoms with Crippen LogP contribution in [0, 0.1) is 20.8 Å². The van der Waals surface area contributed by atoms with Crippen LogP contribution in [0.3, 0.4) is 0 Å². The van der Waals surface area contributed by atoms with E-state index >= 15 is 0 Å². The summed E-state index contributed by atoms with van der Waals surface area (Å²) in [7, 11) is 1.45. The fraction of sp³-hybridized carbons (Fsp3) is 0.167. The number of benzene rings is 3. The van der Waals surface area contributed by atoms with Gasteiger partial charge in [-0.05, 0) is 67.8 Å². The summed E-state index contributed by atoms with van der Waals surface area (Å²) >= 11 is 12.3. The number of nitrogens with zero attached hydrogens (tertiary/aromatic N) is 1. The first-order chi connectivity index (χ1) is 14.8. The van der Waals surface area contributed by atoms with E-state index in [0.717, 1.165) is 33.4 Å². The maximum Gasteiger partial charge on any atom is 0.259 e. The molecule has 0 aliphatic carbocycles. The van der Waals surface area contributed by atoms with Crippen molar-refractivity contribution in [2.45, 2.75) is 20.8 Å². The number of aromatic nitrogens is 1. The molecule has 0 atom stereocenters. The van der Waals surface area contributed by atoms with Crippen LogP contribution in [0.2, 0.25) is 10.0 Å². The maximum atomic E-state index is 13.0. The van der Waals surface area contributed by atoms with Crippen LogP contribution in [-0.2, 0) is 0 Å². The molecule has 4 aromatic rings. The van der Waals surface area contributed by atoms with Crippen molar-refractivity contribution in [1.82, 2.24) is 4.98 Å². The second-order valence-corrected chi connectivity index (χ2v) is 8.19. The molecule has 4 rings (SSSR count). The average molecular weight is 455 g/mol. The standard InChI is InChI=1S/C24H20Cl2N2O3/c1-12-8-13(2)21-20(9-12)28-24(31-21)16-6-5-7-19(14(16)3)27-23(29)17-10-15(25)11-18(26)22(17)30-4/h5-11H,1-4H3,(H,27,29). The largest absolute Gasteiger partial charge is 0.494 e. The highest BCUT2D eigenvalue weighted by Crippen LogP contribution is 2.35. The number of ether oxygens (including phenoxy) is 1. The van der Waals surface area contributed by atoms with Crippen molar-refractivity contribution in [2.75, 3.05) is 12.4 Å². The quantitative estimate of drug-likeness (QED) is 0.360. The van der Waals surface area contributed by atoms with Crippen molar-refractivity contribution in [2.24, 2.45) is 0 Å². The van der Waals surface area contributed by atoms with Crippen molar-refractivity contribution < 1.29 is 13.9 Å². The van der Waals surface area contributed by atoms with Crippen LogP contribution < -0.4 is 10.1 Å². The Kier molecular flexibility index (Phi) is 5.65. The number of rotatable bonds is 4. The molecule has 0 saturated heterocycles. The zero-order valence-corrected chi connectivity index (χ0v) is 19.0. The highest BCUT2D eigenvalue weighted by molar-refractivity contribution is 6.36. The number of anilines is 1. The van der Waals surface area contributed by atoms with Crippen molar-refractivity contribution in [3.8, 4) is 17.2 Å². The first-order valence-electron chi connectivity index (χ1n) is 9.60. The third-order valence-electron chi connectivity index (χ3n) is 5.09. The van der Waals surface area contributed by atoms with Gasteiger partial charge in [-0.1, -0.05) is 35.3 Å². The number of carbonyl (C=O) groups excluding carboxylic acids is 1. The number of halogens is 2. The predicted octanol–water partition coefficient (Wildman–Crippen LogP) is 6.99. The summed E-state index contributed by atoms with van der Waals surface area (Å²) in [6.45, 7) is 5.93. The lowest BCUT2D eigenvalue weighted by atomic mass is 10.1. The molecule has 0 unspecified atom stereocenters. The molecule has 0 saturated carbocycles. The van der Waals surface area contributed by atoms with Crippen molar-refractivity contribution in [1.29, 1.82) is 0 Å². The monoisotopic (exact) mass is 454 g/mol. The zero-order valence-electron chi connectivity index (χ0n) is 17.5. The van der Waals surface area contributed by atoms with E-state index in [1.54, 1.807) is 0 Å². The molecule has 7 heteroatoms. The summed E-state index contributed by atoms with van der Waals surface area (Å²) in [4.78, 5) is 17.6. The molecule has 0 spiro atoms. The van der Waals surface area contributed by atoms with Crippen molar-refractivity contribution in [3.05, 3.63) is 74.8 Å². The summed E-state index contributed by atoms with van der Waals surface area (Å²) in [5.41, 5.74) is 6.20. The Balaban J connectivity index is 1.72. The number of aryl methyl sites for hydroxylation is 2. The lowest BCUT2D eigenvalue weighted by molar-refractivity contribution is 0.102. The van der Waals surface area contributed by atoms with E-state index in [0.29, 0.717) is 16.6 Å². The smallest absolute Gasteiger partial charge is 0.259 e. The Labute approximate surface area is 189 Å². The number of nitrogens with one attached hydrogen (secondary N) is 1. The molecule has 0 aliphatic heterocycles. The van der Waals surface area contributed by atoms with E-state index in [2.05, 4.69) is 16.4 Å². The van der Waals surface area contributed by atoms with Crippen molar-refractivity contribution in [3.63, 3.8) is 0 Å². The fourth-order valence-corrected chi connectivity index (χ4v) is 4.19. The van der Waals surface area contributed by atoms with E-state index in [-0.39, 0.29) is 22.2 Å². The first-order valence-corrected chi connectivity index (χ1v) is 10.4. The number of methoxy groups -OCH3 is 1. The topological polar surface area (TPSA) is 64.4 Å². The van der Waals surface area contributed by atoms with E-state index in [4.69, 9.17) is 32.4 Å². The molecule has 1 N–H and O–H groups in total. The summed E-state index contributed by atoms with van der Waals surface area (Å²) < 4.78 is 11.3. The van der Waals surface area contributed by atoms with Gasteiger partial charge < -0.3 is 14.5 Å². The molecular weight excluding hydrogens is 435 g/mol. The van der Waals surface area contributed by atoms with E-state index < -0.39 is 0 Å². The lowest BCUT2D eigenvalue weighted by Crippen LogP contribution is -2.14. The Morgan fingerprint density at radius 1 is 1.10 bits per heavy atom. The van der Waals surface area contributed by atoms with Crippen LogP contribution in [0.4, 0.5) is 5.69 Å². The van der Waals surface area contributed by atoms with Gasteiger partial charge >= 0.3 is 0 Å². The summed E-state index contributed by atoms with van der Waals surface area (Å²) in [6.07, 6.45) is 0. The third kappa shape index (κ3) is 3.99. The molecule has 1 amide bonds. The molecule has 158 valence electrons. The van der Waals surface area contributed by atoms with E-state index in [1.165, 1.54) is 19.2 Å². The van der Waals surface area contributed by atoms with Gasteiger partial charge in [-0.25, -0.2) is 4.98 Å². The summed E-state index contributed by atoms with van der Waals surface area (Å²) in [5.74, 6) is 0.383. The number of amides is 1.